The van der Waals surface area contributed by atoms with Gasteiger partial charge >= 0.3 is 12.0 Å². The van der Waals surface area contributed by atoms with Crippen molar-refractivity contribution in [3.05, 3.63) is 0 Å². The Kier molecular flexibility index (Phi) is 4.69. The zero-order chi connectivity index (χ0) is 15.5. The first-order chi connectivity index (χ1) is 9.93. The first kappa shape index (κ1) is 15.6. The smallest absolute Gasteiger partial charge is 0.329 e. The van der Waals surface area contributed by atoms with Crippen LogP contribution in [0.4, 0.5) is 4.79 Å². The molecule has 0 aromatic carbocycles. The highest BCUT2D eigenvalue weighted by atomic mass is 16.4. The number of carbonyl (C=O) groups is 3. The maximum atomic E-state index is 12.4. The van der Waals surface area contributed by atoms with Crippen molar-refractivity contribution in [2.24, 2.45) is 5.92 Å². The lowest BCUT2D eigenvalue weighted by Crippen LogP contribution is -2.60. The van der Waals surface area contributed by atoms with Gasteiger partial charge in [-0.3, -0.25) is 4.79 Å². The Hall–Kier alpha value is -1.79. The molecule has 2 aliphatic rings. The fourth-order valence-corrected chi connectivity index (χ4v) is 3.18. The van der Waals surface area contributed by atoms with Gasteiger partial charge in [0.05, 0.1) is 0 Å². The largest absolute Gasteiger partial charge is 0.480 e. The van der Waals surface area contributed by atoms with Crippen molar-refractivity contribution in [2.45, 2.75) is 44.6 Å². The third kappa shape index (κ3) is 3.65. The average Bonchev–Trinajstić information content (AvgIpc) is 2.63. The zero-order valence-corrected chi connectivity index (χ0v) is 12.4. The number of amides is 3. The van der Waals surface area contributed by atoms with Gasteiger partial charge in [0.2, 0.25) is 5.91 Å². The molecule has 7 nitrogen and oxygen atoms in total. The molecule has 0 aromatic rings. The number of nitrogens with zero attached hydrogens (tertiary/aromatic N) is 1. The van der Waals surface area contributed by atoms with Gasteiger partial charge in [0.15, 0.2) is 0 Å². The predicted molar refractivity (Wildman–Crippen MR) is 75.7 cm³/mol. The van der Waals surface area contributed by atoms with E-state index in [0.717, 1.165) is 12.8 Å². The van der Waals surface area contributed by atoms with Gasteiger partial charge in [-0.1, -0.05) is 19.8 Å². The molecule has 0 spiro atoms. The summed E-state index contributed by atoms with van der Waals surface area (Å²) in [4.78, 5) is 36.9. The molecule has 21 heavy (non-hydrogen) atoms. The van der Waals surface area contributed by atoms with Crippen molar-refractivity contribution in [2.75, 3.05) is 19.6 Å². The van der Waals surface area contributed by atoms with Crippen molar-refractivity contribution in [3.63, 3.8) is 0 Å². The Morgan fingerprint density at radius 1 is 1.43 bits per heavy atom. The highest BCUT2D eigenvalue weighted by Gasteiger charge is 2.44. The van der Waals surface area contributed by atoms with Crippen LogP contribution in [0.5, 0.6) is 0 Å². The van der Waals surface area contributed by atoms with Crippen LogP contribution in [0.2, 0.25) is 0 Å². The summed E-state index contributed by atoms with van der Waals surface area (Å²) in [6.07, 6.45) is 3.33. The van der Waals surface area contributed by atoms with Crippen molar-refractivity contribution in [3.8, 4) is 0 Å². The van der Waals surface area contributed by atoms with Crippen molar-refractivity contribution < 1.29 is 19.5 Å². The molecule has 2 atom stereocenters. The van der Waals surface area contributed by atoms with Crippen LogP contribution in [0.25, 0.3) is 0 Å². The summed E-state index contributed by atoms with van der Waals surface area (Å²) in [6.45, 7) is 2.99. The fraction of sp³-hybridized carbons (Fsp3) is 0.786. The van der Waals surface area contributed by atoms with Crippen molar-refractivity contribution in [1.82, 2.24) is 15.5 Å². The van der Waals surface area contributed by atoms with Crippen LogP contribution in [0, 0.1) is 5.92 Å². The van der Waals surface area contributed by atoms with Crippen LogP contribution in [-0.4, -0.2) is 53.1 Å². The monoisotopic (exact) mass is 297 g/mol. The summed E-state index contributed by atoms with van der Waals surface area (Å²) in [7, 11) is 0. The second kappa shape index (κ2) is 6.32. The molecule has 0 aromatic heterocycles. The minimum Gasteiger partial charge on any atom is -0.480 e. The van der Waals surface area contributed by atoms with E-state index in [0.29, 0.717) is 32.4 Å². The van der Waals surface area contributed by atoms with Crippen LogP contribution < -0.4 is 10.6 Å². The highest BCUT2D eigenvalue weighted by molar-refractivity contribution is 5.89. The lowest BCUT2D eigenvalue weighted by atomic mass is 9.76. The Labute approximate surface area is 124 Å². The van der Waals surface area contributed by atoms with E-state index in [9.17, 15) is 19.5 Å². The zero-order valence-electron chi connectivity index (χ0n) is 12.4. The molecule has 3 N–H and O–H groups in total. The van der Waals surface area contributed by atoms with E-state index in [2.05, 4.69) is 10.6 Å². The Balaban J connectivity index is 2.07. The SMILES string of the molecule is CC1CCCC(NC(=O)N2CCCNC(=O)C2)(C(=O)O)C1. The van der Waals surface area contributed by atoms with E-state index >= 15 is 0 Å². The molecule has 2 fully saturated rings. The lowest BCUT2D eigenvalue weighted by Gasteiger charge is -2.38. The number of nitrogens with one attached hydrogen (secondary N) is 2. The minimum atomic E-state index is -1.20. The van der Waals surface area contributed by atoms with E-state index < -0.39 is 17.5 Å². The van der Waals surface area contributed by atoms with Gasteiger partial charge in [-0.2, -0.15) is 0 Å². The quantitative estimate of drug-likeness (QED) is 0.693. The van der Waals surface area contributed by atoms with Crippen molar-refractivity contribution >= 4 is 17.9 Å². The van der Waals surface area contributed by atoms with E-state index in [1.165, 1.54) is 4.90 Å². The number of hydrogen-bond acceptors (Lipinski definition) is 3. The number of urea groups is 1. The van der Waals surface area contributed by atoms with E-state index in [-0.39, 0.29) is 18.4 Å². The topological polar surface area (TPSA) is 98.7 Å². The molecule has 3 amide bonds. The second-order valence-electron chi connectivity index (χ2n) is 6.14. The van der Waals surface area contributed by atoms with E-state index in [1.807, 2.05) is 6.92 Å². The van der Waals surface area contributed by atoms with E-state index in [4.69, 9.17) is 0 Å². The molecule has 1 aliphatic heterocycles. The molecular weight excluding hydrogens is 274 g/mol. The van der Waals surface area contributed by atoms with Gasteiger partial charge in [0.1, 0.15) is 12.1 Å². The maximum Gasteiger partial charge on any atom is 0.329 e. The number of aliphatic carboxylic acids is 1. The molecule has 1 saturated heterocycles. The molecule has 1 saturated carbocycles. The second-order valence-corrected chi connectivity index (χ2v) is 6.14. The summed E-state index contributed by atoms with van der Waals surface area (Å²) >= 11 is 0. The van der Waals surface area contributed by atoms with Gasteiger partial charge in [0.25, 0.3) is 0 Å². The predicted octanol–water partition coefficient (Wildman–Crippen LogP) is 0.551. The third-order valence-corrected chi connectivity index (χ3v) is 4.30. The van der Waals surface area contributed by atoms with Crippen LogP contribution in [0.3, 0.4) is 0 Å². The van der Waals surface area contributed by atoms with Gasteiger partial charge in [-0.15, -0.1) is 0 Å². The highest BCUT2D eigenvalue weighted by Crippen LogP contribution is 2.32. The molecule has 2 unspecified atom stereocenters. The summed E-state index contributed by atoms with van der Waals surface area (Å²) in [5.74, 6) is -0.923. The van der Waals surface area contributed by atoms with E-state index in [1.54, 1.807) is 0 Å². The number of carbonyl (C=O) groups excluding carboxylic acids is 2. The molecule has 118 valence electrons. The third-order valence-electron chi connectivity index (χ3n) is 4.30. The summed E-state index contributed by atoms with van der Waals surface area (Å²) in [5.41, 5.74) is -1.20. The van der Waals surface area contributed by atoms with Gasteiger partial charge in [-0.05, 0) is 25.2 Å². The van der Waals surface area contributed by atoms with Crippen LogP contribution in [0.15, 0.2) is 0 Å². The van der Waals surface area contributed by atoms with Crippen LogP contribution in [0.1, 0.15) is 39.0 Å². The maximum absolute atomic E-state index is 12.4. The number of carboxylic acid groups (broad SMARTS) is 1. The molecule has 0 radical (unpaired) electrons. The van der Waals surface area contributed by atoms with Gasteiger partial charge in [0, 0.05) is 13.1 Å². The number of hydrogen-bond donors (Lipinski definition) is 3. The molecule has 1 aliphatic carbocycles. The Bertz CT molecular complexity index is 440. The van der Waals surface area contributed by atoms with Crippen LogP contribution >= 0.6 is 0 Å². The normalized spacial score (nSPS) is 30.2. The standard InChI is InChI=1S/C14H23N3O4/c1-10-4-2-5-14(8-10,12(19)20)16-13(21)17-7-3-6-15-11(18)9-17/h10H,2-9H2,1H3,(H,15,18)(H,16,21)(H,19,20). The molecule has 7 heteroatoms. The van der Waals surface area contributed by atoms with Crippen molar-refractivity contribution in [1.29, 1.82) is 0 Å². The number of rotatable bonds is 2. The summed E-state index contributed by atoms with van der Waals surface area (Å²) in [5, 5.41) is 14.9. The Morgan fingerprint density at radius 3 is 2.86 bits per heavy atom. The molecule has 1 heterocycles. The Morgan fingerprint density at radius 2 is 2.19 bits per heavy atom. The van der Waals surface area contributed by atoms with Gasteiger partial charge < -0.3 is 20.6 Å². The molecular formula is C14H23N3O4. The average molecular weight is 297 g/mol. The number of carboxylic acids is 1. The minimum absolute atomic E-state index is 0.0168. The summed E-state index contributed by atoms with van der Waals surface area (Å²) < 4.78 is 0. The van der Waals surface area contributed by atoms with Crippen LogP contribution in [-0.2, 0) is 9.59 Å². The van der Waals surface area contributed by atoms with Gasteiger partial charge in [-0.25, -0.2) is 9.59 Å². The molecule has 0 bridgehead atoms. The first-order valence-electron chi connectivity index (χ1n) is 7.50. The first-order valence-corrected chi connectivity index (χ1v) is 7.50. The fourth-order valence-electron chi connectivity index (χ4n) is 3.18. The summed E-state index contributed by atoms with van der Waals surface area (Å²) in [6, 6.07) is -0.455. The lowest BCUT2D eigenvalue weighted by molar-refractivity contribution is -0.146. The molecule has 2 rings (SSSR count).